The molecule has 1 aliphatic heterocycles. The lowest BCUT2D eigenvalue weighted by molar-refractivity contribution is -0.498. The maximum Gasteiger partial charge on any atom is 0.160 e. The van der Waals surface area contributed by atoms with E-state index in [1.165, 1.54) is 6.42 Å². The Kier molecular flexibility index (Phi) is 1.51. The van der Waals surface area contributed by atoms with Crippen molar-refractivity contribution >= 4 is 6.21 Å². The summed E-state index contributed by atoms with van der Waals surface area (Å²) in [5.41, 5.74) is 0. The number of hydroxylamine groups is 1. The largest absolute Gasteiger partial charge is 0.624 e. The summed E-state index contributed by atoms with van der Waals surface area (Å²) >= 11 is 0. The summed E-state index contributed by atoms with van der Waals surface area (Å²) in [5.74, 6) is 0. The molecule has 8 heavy (non-hydrogen) atoms. The molecule has 0 saturated heterocycles. The van der Waals surface area contributed by atoms with Gasteiger partial charge in [-0.3, -0.25) is 0 Å². The molecule has 0 radical (unpaired) electrons. The predicted molar refractivity (Wildman–Crippen MR) is 33.0 cm³/mol. The molecule has 1 heterocycles. The van der Waals surface area contributed by atoms with Gasteiger partial charge < -0.3 is 5.21 Å². The van der Waals surface area contributed by atoms with Crippen LogP contribution in [-0.4, -0.2) is 17.0 Å². The number of hydrogen-bond donors (Lipinski definition) is 0. The van der Waals surface area contributed by atoms with Gasteiger partial charge in [0.15, 0.2) is 12.3 Å². The molecule has 0 N–H and O–H groups in total. The van der Waals surface area contributed by atoms with E-state index < -0.39 is 0 Å². The second-order valence-electron chi connectivity index (χ2n) is 2.32. The quantitative estimate of drug-likeness (QED) is 0.341. The normalized spacial score (nSPS) is 29.6. The van der Waals surface area contributed by atoms with Crippen molar-refractivity contribution in [2.24, 2.45) is 0 Å². The maximum absolute atomic E-state index is 10.7. The van der Waals surface area contributed by atoms with Gasteiger partial charge in [0.2, 0.25) is 0 Å². The molecule has 0 amide bonds. The van der Waals surface area contributed by atoms with E-state index in [0.717, 1.165) is 17.6 Å². The average Bonchev–Trinajstić information content (AvgIpc) is 1.77. The molecule has 0 aromatic heterocycles. The lowest BCUT2D eigenvalue weighted by Crippen LogP contribution is -2.22. The zero-order valence-electron chi connectivity index (χ0n) is 5.13. The highest BCUT2D eigenvalue weighted by atomic mass is 16.5. The Labute approximate surface area is 49.4 Å². The molecular formula is C6H11NO. The summed E-state index contributed by atoms with van der Waals surface area (Å²) in [7, 11) is 0. The minimum absolute atomic E-state index is 0.226. The number of rotatable bonds is 0. The molecule has 0 aromatic rings. The Morgan fingerprint density at radius 3 is 2.88 bits per heavy atom. The standard InChI is InChI=1S/C6H11NO/c1-6-4-2-3-5-7(6)8/h5-6H,2-4H2,1H3/t6-/m0/s1. The first kappa shape index (κ1) is 5.60. The monoisotopic (exact) mass is 113 g/mol. The van der Waals surface area contributed by atoms with Gasteiger partial charge in [-0.1, -0.05) is 0 Å². The summed E-state index contributed by atoms with van der Waals surface area (Å²) in [6, 6.07) is 0.226. The molecule has 0 bridgehead atoms. The van der Waals surface area contributed by atoms with E-state index in [1.54, 1.807) is 6.21 Å². The van der Waals surface area contributed by atoms with Crippen molar-refractivity contribution in [2.45, 2.75) is 32.2 Å². The fourth-order valence-corrected chi connectivity index (χ4v) is 0.939. The molecule has 0 unspecified atom stereocenters. The summed E-state index contributed by atoms with van der Waals surface area (Å²) in [4.78, 5) is 0. The van der Waals surface area contributed by atoms with Crippen molar-refractivity contribution in [3.63, 3.8) is 0 Å². The van der Waals surface area contributed by atoms with Crippen molar-refractivity contribution in [1.29, 1.82) is 0 Å². The highest BCUT2D eigenvalue weighted by molar-refractivity contribution is 5.51. The molecule has 1 atom stereocenters. The minimum Gasteiger partial charge on any atom is -0.624 e. The number of nitrogens with zero attached hydrogens (tertiary/aromatic N) is 1. The Morgan fingerprint density at radius 2 is 2.50 bits per heavy atom. The zero-order valence-corrected chi connectivity index (χ0v) is 5.13. The second kappa shape index (κ2) is 2.16. The van der Waals surface area contributed by atoms with Crippen LogP contribution < -0.4 is 0 Å². The van der Waals surface area contributed by atoms with Crippen molar-refractivity contribution in [3.8, 4) is 0 Å². The van der Waals surface area contributed by atoms with Crippen LogP contribution in [0, 0.1) is 5.21 Å². The van der Waals surface area contributed by atoms with Crippen molar-refractivity contribution < 1.29 is 4.74 Å². The van der Waals surface area contributed by atoms with Crippen LogP contribution in [-0.2, 0) is 0 Å². The van der Waals surface area contributed by atoms with Crippen LogP contribution in [0.25, 0.3) is 0 Å². The molecular weight excluding hydrogens is 102 g/mol. The van der Waals surface area contributed by atoms with Crippen molar-refractivity contribution in [1.82, 2.24) is 0 Å². The van der Waals surface area contributed by atoms with Crippen LogP contribution in [0.5, 0.6) is 0 Å². The van der Waals surface area contributed by atoms with Gasteiger partial charge >= 0.3 is 0 Å². The van der Waals surface area contributed by atoms with Gasteiger partial charge in [0, 0.05) is 12.8 Å². The van der Waals surface area contributed by atoms with Gasteiger partial charge in [0.05, 0.1) is 0 Å². The van der Waals surface area contributed by atoms with E-state index in [9.17, 15) is 5.21 Å². The van der Waals surface area contributed by atoms with Crippen LogP contribution >= 0.6 is 0 Å². The lowest BCUT2D eigenvalue weighted by Gasteiger charge is -2.15. The zero-order chi connectivity index (χ0) is 5.98. The minimum atomic E-state index is 0.226. The van der Waals surface area contributed by atoms with Gasteiger partial charge in [0.25, 0.3) is 0 Å². The van der Waals surface area contributed by atoms with E-state index in [2.05, 4.69) is 0 Å². The van der Waals surface area contributed by atoms with Gasteiger partial charge in [-0.15, -0.1) is 0 Å². The highest BCUT2D eigenvalue weighted by Gasteiger charge is 2.11. The topological polar surface area (TPSA) is 26.1 Å². The highest BCUT2D eigenvalue weighted by Crippen LogP contribution is 2.06. The van der Waals surface area contributed by atoms with Crippen LogP contribution in [0.2, 0.25) is 0 Å². The molecule has 1 rings (SSSR count). The van der Waals surface area contributed by atoms with Gasteiger partial charge in [0.1, 0.15) is 0 Å². The number of hydrogen-bond acceptors (Lipinski definition) is 1. The Morgan fingerprint density at radius 1 is 1.75 bits per heavy atom. The van der Waals surface area contributed by atoms with Crippen LogP contribution in [0.15, 0.2) is 0 Å². The molecule has 1 aliphatic rings. The van der Waals surface area contributed by atoms with E-state index in [0.29, 0.717) is 0 Å². The Balaban J connectivity index is 2.53. The van der Waals surface area contributed by atoms with E-state index in [4.69, 9.17) is 0 Å². The fourth-order valence-electron chi connectivity index (χ4n) is 0.939. The SMILES string of the molecule is C[C@H]1CCCC=[N+]1[O-]. The van der Waals surface area contributed by atoms with Crippen LogP contribution in [0.3, 0.4) is 0 Å². The Hall–Kier alpha value is -0.530. The van der Waals surface area contributed by atoms with E-state index in [-0.39, 0.29) is 6.04 Å². The first-order valence-corrected chi connectivity index (χ1v) is 3.09. The summed E-state index contributed by atoms with van der Waals surface area (Å²) in [6.07, 6.45) is 4.93. The molecule has 46 valence electrons. The van der Waals surface area contributed by atoms with Crippen molar-refractivity contribution in [2.75, 3.05) is 0 Å². The third kappa shape index (κ3) is 0.997. The molecule has 2 heteroatoms. The average molecular weight is 113 g/mol. The smallest absolute Gasteiger partial charge is 0.160 e. The fraction of sp³-hybridized carbons (Fsp3) is 0.833. The lowest BCUT2D eigenvalue weighted by atomic mass is 10.1. The van der Waals surface area contributed by atoms with Gasteiger partial charge in [-0.05, 0) is 13.3 Å². The van der Waals surface area contributed by atoms with Crippen LogP contribution in [0.4, 0.5) is 0 Å². The first-order chi connectivity index (χ1) is 3.80. The summed E-state index contributed by atoms with van der Waals surface area (Å²) in [5, 5.41) is 10.7. The van der Waals surface area contributed by atoms with Gasteiger partial charge in [-0.2, -0.15) is 0 Å². The first-order valence-electron chi connectivity index (χ1n) is 3.09. The summed E-state index contributed by atoms with van der Waals surface area (Å²) in [6.45, 7) is 1.96. The summed E-state index contributed by atoms with van der Waals surface area (Å²) < 4.78 is 1.06. The predicted octanol–water partition coefficient (Wildman–Crippen LogP) is 1.14. The second-order valence-corrected chi connectivity index (χ2v) is 2.32. The van der Waals surface area contributed by atoms with Gasteiger partial charge in [-0.25, -0.2) is 4.74 Å². The molecule has 0 fully saturated rings. The van der Waals surface area contributed by atoms with Crippen molar-refractivity contribution in [3.05, 3.63) is 5.21 Å². The molecule has 0 aromatic carbocycles. The van der Waals surface area contributed by atoms with E-state index in [1.807, 2.05) is 6.92 Å². The third-order valence-corrected chi connectivity index (χ3v) is 1.57. The maximum atomic E-state index is 10.7. The third-order valence-electron chi connectivity index (χ3n) is 1.57. The van der Waals surface area contributed by atoms with E-state index >= 15 is 0 Å². The molecule has 0 saturated carbocycles. The molecule has 0 spiro atoms. The molecule has 2 nitrogen and oxygen atoms in total. The molecule has 0 aliphatic carbocycles. The Bertz CT molecular complexity index is 109. The van der Waals surface area contributed by atoms with Crippen LogP contribution in [0.1, 0.15) is 26.2 Å².